The van der Waals surface area contributed by atoms with E-state index < -0.39 is 22.7 Å². The zero-order valence-corrected chi connectivity index (χ0v) is 14.7. The molecule has 136 valence electrons. The molecule has 0 bridgehead atoms. The van der Waals surface area contributed by atoms with Crippen LogP contribution in [0.3, 0.4) is 0 Å². The van der Waals surface area contributed by atoms with Crippen LogP contribution in [-0.2, 0) is 12.7 Å². The van der Waals surface area contributed by atoms with Gasteiger partial charge in [0.05, 0.1) is 23.8 Å². The average Bonchev–Trinajstić information content (AvgIpc) is 2.60. The third kappa shape index (κ3) is 3.10. The van der Waals surface area contributed by atoms with E-state index >= 15 is 0 Å². The summed E-state index contributed by atoms with van der Waals surface area (Å²) in [6.45, 7) is 1.98. The Kier molecular flexibility index (Phi) is 4.57. The Morgan fingerprint density at radius 2 is 1.92 bits per heavy atom. The lowest BCUT2D eigenvalue weighted by Gasteiger charge is -2.15. The van der Waals surface area contributed by atoms with Crippen molar-refractivity contribution < 1.29 is 17.9 Å². The molecule has 0 atom stereocenters. The molecule has 2 aromatic heterocycles. The number of aromatic nitrogens is 3. The van der Waals surface area contributed by atoms with Gasteiger partial charge in [-0.15, -0.1) is 0 Å². The summed E-state index contributed by atoms with van der Waals surface area (Å²) in [4.78, 5) is 18.8. The van der Waals surface area contributed by atoms with Gasteiger partial charge in [0.25, 0.3) is 5.56 Å². The number of pyridine rings is 1. The van der Waals surface area contributed by atoms with E-state index in [4.69, 9.17) is 17.0 Å². The van der Waals surface area contributed by atoms with Gasteiger partial charge in [-0.05, 0) is 49.5 Å². The fraction of sp³-hybridized carbons (Fsp3) is 0.235. The number of rotatable bonds is 3. The number of H-pyrrole nitrogens is 1. The molecule has 0 aliphatic carbocycles. The molecule has 0 amide bonds. The van der Waals surface area contributed by atoms with Crippen LogP contribution in [0.15, 0.2) is 35.1 Å². The molecule has 3 aromatic rings. The normalized spacial score (nSPS) is 11.7. The van der Waals surface area contributed by atoms with E-state index in [9.17, 15) is 18.0 Å². The van der Waals surface area contributed by atoms with Crippen molar-refractivity contribution in [3.05, 3.63) is 51.0 Å². The Labute approximate surface area is 151 Å². The molecule has 0 saturated heterocycles. The van der Waals surface area contributed by atoms with Gasteiger partial charge < -0.3 is 9.30 Å². The summed E-state index contributed by atoms with van der Waals surface area (Å²) in [5, 5.41) is -0.523. The molecule has 0 fully saturated rings. The predicted molar refractivity (Wildman–Crippen MR) is 93.9 cm³/mol. The van der Waals surface area contributed by atoms with Crippen molar-refractivity contribution >= 4 is 23.3 Å². The van der Waals surface area contributed by atoms with Gasteiger partial charge in [-0.1, -0.05) is 0 Å². The lowest BCUT2D eigenvalue weighted by molar-refractivity contribution is -0.136. The predicted octanol–water partition coefficient (Wildman–Crippen LogP) is 4.17. The minimum Gasteiger partial charge on any atom is -0.497 e. The number of hydrogen-bond acceptors (Lipinski definition) is 4. The number of ether oxygens (including phenoxy) is 1. The summed E-state index contributed by atoms with van der Waals surface area (Å²) in [6.07, 6.45) is -4.72. The largest absolute Gasteiger partial charge is 0.497 e. The molecule has 0 spiro atoms. The number of nitrogens with zero attached hydrogens (tertiary/aromatic N) is 2. The smallest absolute Gasteiger partial charge is 0.417 e. The van der Waals surface area contributed by atoms with Crippen molar-refractivity contribution in [1.82, 2.24) is 14.5 Å². The highest BCUT2D eigenvalue weighted by Gasteiger charge is 2.35. The summed E-state index contributed by atoms with van der Waals surface area (Å²) in [5.74, 6) is 0.568. The number of nitrogens with one attached hydrogen (secondary N) is 1. The molecule has 3 rings (SSSR count). The summed E-state index contributed by atoms with van der Waals surface area (Å²) in [6, 6.07) is 7.33. The molecule has 0 saturated carbocycles. The molecule has 0 unspecified atom stereocenters. The maximum atomic E-state index is 13.6. The lowest BCUT2D eigenvalue weighted by atomic mass is 10.1. The highest BCUT2D eigenvalue weighted by molar-refractivity contribution is 7.71. The lowest BCUT2D eigenvalue weighted by Crippen LogP contribution is -2.20. The van der Waals surface area contributed by atoms with Gasteiger partial charge in [0.15, 0.2) is 4.77 Å². The van der Waals surface area contributed by atoms with Crippen molar-refractivity contribution in [2.24, 2.45) is 0 Å². The average molecular weight is 381 g/mol. The second kappa shape index (κ2) is 6.56. The second-order valence-corrected chi connectivity index (χ2v) is 5.87. The van der Waals surface area contributed by atoms with Crippen LogP contribution in [0.25, 0.3) is 22.3 Å². The Hall–Kier alpha value is -2.68. The molecule has 0 aliphatic rings. The maximum Gasteiger partial charge on any atom is 0.417 e. The molecule has 1 aromatic carbocycles. The zero-order valence-electron chi connectivity index (χ0n) is 13.8. The van der Waals surface area contributed by atoms with E-state index in [1.165, 1.54) is 11.7 Å². The Bertz CT molecular complexity index is 1090. The van der Waals surface area contributed by atoms with Crippen molar-refractivity contribution in [3.63, 3.8) is 0 Å². The molecule has 0 radical (unpaired) electrons. The van der Waals surface area contributed by atoms with E-state index in [1.54, 1.807) is 31.2 Å². The van der Waals surface area contributed by atoms with Crippen LogP contribution in [0.1, 0.15) is 12.5 Å². The molecule has 9 heteroatoms. The molecule has 1 N–H and O–H groups in total. The second-order valence-electron chi connectivity index (χ2n) is 5.48. The molecule has 5 nitrogen and oxygen atoms in total. The van der Waals surface area contributed by atoms with Crippen LogP contribution in [-0.4, -0.2) is 21.6 Å². The number of alkyl halides is 3. The van der Waals surface area contributed by atoms with E-state index in [0.717, 1.165) is 6.07 Å². The monoisotopic (exact) mass is 381 g/mol. The third-order valence-electron chi connectivity index (χ3n) is 3.96. The number of methoxy groups -OCH3 is 1. The number of fused-ring (bicyclic) bond motifs is 1. The van der Waals surface area contributed by atoms with E-state index in [0.29, 0.717) is 11.3 Å². The zero-order chi connectivity index (χ0) is 19.1. The van der Waals surface area contributed by atoms with Crippen LogP contribution in [0.2, 0.25) is 0 Å². The maximum absolute atomic E-state index is 13.6. The first-order valence-electron chi connectivity index (χ1n) is 7.65. The number of aromatic amines is 1. The number of halogens is 3. The molecular formula is C17H14F3N3O2S. The highest BCUT2D eigenvalue weighted by Crippen LogP contribution is 2.35. The minimum absolute atomic E-state index is 0.0255. The number of aryl methyl sites for hydroxylation is 1. The van der Waals surface area contributed by atoms with Gasteiger partial charge in [-0.3, -0.25) is 9.78 Å². The topological polar surface area (TPSA) is 59.9 Å². The molecule has 26 heavy (non-hydrogen) atoms. The quantitative estimate of drug-likeness (QED) is 0.692. The van der Waals surface area contributed by atoms with E-state index in [-0.39, 0.29) is 22.7 Å². The van der Waals surface area contributed by atoms with Gasteiger partial charge in [-0.2, -0.15) is 13.2 Å². The van der Waals surface area contributed by atoms with E-state index in [2.05, 4.69) is 9.97 Å². The van der Waals surface area contributed by atoms with Crippen LogP contribution in [0.4, 0.5) is 13.2 Å². The minimum atomic E-state index is -4.72. The molecule has 0 aliphatic heterocycles. The van der Waals surface area contributed by atoms with Gasteiger partial charge in [0.2, 0.25) is 0 Å². The fourth-order valence-electron chi connectivity index (χ4n) is 2.70. The molecule has 2 heterocycles. The van der Waals surface area contributed by atoms with Gasteiger partial charge in [0, 0.05) is 12.1 Å². The third-order valence-corrected chi connectivity index (χ3v) is 4.28. The van der Waals surface area contributed by atoms with Gasteiger partial charge in [0.1, 0.15) is 11.4 Å². The van der Waals surface area contributed by atoms with Crippen molar-refractivity contribution in [2.45, 2.75) is 19.6 Å². The van der Waals surface area contributed by atoms with Crippen LogP contribution >= 0.6 is 12.2 Å². The fourth-order valence-corrected chi connectivity index (χ4v) is 3.01. The summed E-state index contributed by atoms with van der Waals surface area (Å²) < 4.78 is 47.3. The Morgan fingerprint density at radius 1 is 1.27 bits per heavy atom. The number of hydrogen-bond donors (Lipinski definition) is 1. The van der Waals surface area contributed by atoms with Gasteiger partial charge in [-0.25, -0.2) is 4.98 Å². The highest BCUT2D eigenvalue weighted by atomic mass is 32.1. The standard InChI is InChI=1S/C17H14F3N3O2S/c1-3-23-14-13(15(24)22-16(23)26)11(17(18,19)20)8-12(21-14)9-4-6-10(25-2)7-5-9/h4-8H,3H2,1-2H3,(H,22,24,26). The van der Waals surface area contributed by atoms with E-state index in [1.807, 2.05) is 0 Å². The van der Waals surface area contributed by atoms with Crippen LogP contribution in [0, 0.1) is 4.77 Å². The summed E-state index contributed by atoms with van der Waals surface area (Å²) in [5.41, 5.74) is -1.49. The van der Waals surface area contributed by atoms with Crippen molar-refractivity contribution in [1.29, 1.82) is 0 Å². The number of benzene rings is 1. The Morgan fingerprint density at radius 3 is 2.46 bits per heavy atom. The summed E-state index contributed by atoms with van der Waals surface area (Å²) >= 11 is 5.07. The SMILES string of the molecule is CCn1c(=S)[nH]c(=O)c2c(C(F)(F)F)cc(-c3ccc(OC)cc3)nc21. The first kappa shape index (κ1) is 18.1. The van der Waals surface area contributed by atoms with Crippen LogP contribution < -0.4 is 10.3 Å². The van der Waals surface area contributed by atoms with Crippen molar-refractivity contribution in [2.75, 3.05) is 7.11 Å². The Balaban J connectivity index is 2.42. The first-order valence-corrected chi connectivity index (χ1v) is 8.06. The summed E-state index contributed by atoms with van der Waals surface area (Å²) in [7, 11) is 1.49. The van der Waals surface area contributed by atoms with Crippen molar-refractivity contribution in [3.8, 4) is 17.0 Å². The van der Waals surface area contributed by atoms with Gasteiger partial charge >= 0.3 is 6.18 Å². The first-order chi connectivity index (χ1) is 12.3. The molecular weight excluding hydrogens is 367 g/mol. The van der Waals surface area contributed by atoms with Crippen LogP contribution in [0.5, 0.6) is 5.75 Å².